The summed E-state index contributed by atoms with van der Waals surface area (Å²) >= 11 is 6.30. The molecule has 0 bridgehead atoms. The molecule has 1 atom stereocenters. The minimum Gasteiger partial charge on any atom is -0.497 e. The molecule has 2 aromatic carbocycles. The van der Waals surface area contributed by atoms with Crippen LogP contribution in [0, 0.1) is 0 Å². The summed E-state index contributed by atoms with van der Waals surface area (Å²) in [4.78, 5) is 1.98. The molecule has 3 heteroatoms. The van der Waals surface area contributed by atoms with E-state index in [1.54, 1.807) is 7.11 Å². The Morgan fingerprint density at radius 2 is 1.71 bits per heavy atom. The first-order valence-corrected chi connectivity index (χ1v) is 5.93. The van der Waals surface area contributed by atoms with E-state index in [1.165, 1.54) is 5.39 Å². The SMILES string of the molecule is COc1ccc2cc(C(Cl)N(C)C)ccc2c1. The first-order chi connectivity index (χ1) is 8.11. The van der Waals surface area contributed by atoms with Crippen LogP contribution < -0.4 is 4.74 Å². The van der Waals surface area contributed by atoms with Gasteiger partial charge in [-0.2, -0.15) is 0 Å². The molecule has 2 rings (SSSR count). The maximum atomic E-state index is 6.30. The van der Waals surface area contributed by atoms with Crippen molar-refractivity contribution in [2.24, 2.45) is 0 Å². The van der Waals surface area contributed by atoms with Crippen LogP contribution in [0.25, 0.3) is 10.8 Å². The standard InChI is InChI=1S/C14H16ClNO/c1-16(2)14(15)12-5-4-11-9-13(17-3)7-6-10(11)8-12/h4-9,14H,1-3H3. The highest BCUT2D eigenvalue weighted by Gasteiger charge is 2.10. The van der Waals surface area contributed by atoms with Crippen molar-refractivity contribution in [3.05, 3.63) is 42.0 Å². The fourth-order valence-electron chi connectivity index (χ4n) is 1.82. The van der Waals surface area contributed by atoms with Gasteiger partial charge in [-0.25, -0.2) is 0 Å². The van der Waals surface area contributed by atoms with Gasteiger partial charge in [0.2, 0.25) is 0 Å². The second kappa shape index (κ2) is 4.94. The van der Waals surface area contributed by atoms with E-state index < -0.39 is 0 Å². The molecule has 0 N–H and O–H groups in total. The molecule has 0 amide bonds. The zero-order chi connectivity index (χ0) is 12.4. The van der Waals surface area contributed by atoms with Crippen molar-refractivity contribution in [2.45, 2.75) is 5.50 Å². The number of benzene rings is 2. The molecule has 0 aromatic heterocycles. The monoisotopic (exact) mass is 249 g/mol. The van der Waals surface area contributed by atoms with E-state index in [1.807, 2.05) is 31.1 Å². The molecule has 0 aliphatic rings. The van der Waals surface area contributed by atoms with Crippen LogP contribution in [-0.2, 0) is 0 Å². The number of nitrogens with zero attached hydrogens (tertiary/aromatic N) is 1. The summed E-state index contributed by atoms with van der Waals surface area (Å²) in [5.41, 5.74) is 1.01. The molecule has 0 heterocycles. The molecular weight excluding hydrogens is 234 g/mol. The van der Waals surface area contributed by atoms with Crippen molar-refractivity contribution in [1.29, 1.82) is 0 Å². The first kappa shape index (κ1) is 12.2. The maximum Gasteiger partial charge on any atom is 0.119 e. The lowest BCUT2D eigenvalue weighted by Gasteiger charge is -2.18. The molecule has 0 radical (unpaired) electrons. The van der Waals surface area contributed by atoms with Crippen molar-refractivity contribution in [2.75, 3.05) is 21.2 Å². The molecule has 0 aliphatic heterocycles. The number of fused-ring (bicyclic) bond motifs is 1. The molecule has 17 heavy (non-hydrogen) atoms. The smallest absolute Gasteiger partial charge is 0.119 e. The molecule has 1 unspecified atom stereocenters. The molecule has 2 nitrogen and oxygen atoms in total. The average Bonchev–Trinajstić information content (AvgIpc) is 2.36. The quantitative estimate of drug-likeness (QED) is 0.608. The zero-order valence-electron chi connectivity index (χ0n) is 10.3. The Labute approximate surface area is 107 Å². The van der Waals surface area contributed by atoms with Crippen LogP contribution in [-0.4, -0.2) is 26.1 Å². The van der Waals surface area contributed by atoms with Crippen LogP contribution in [0.4, 0.5) is 0 Å². The van der Waals surface area contributed by atoms with E-state index in [2.05, 4.69) is 24.3 Å². The van der Waals surface area contributed by atoms with Gasteiger partial charge in [0.25, 0.3) is 0 Å². The highest BCUT2D eigenvalue weighted by Crippen LogP contribution is 2.27. The van der Waals surface area contributed by atoms with Crippen LogP contribution in [0.5, 0.6) is 5.75 Å². The van der Waals surface area contributed by atoms with Gasteiger partial charge in [-0.15, -0.1) is 11.6 Å². The lowest BCUT2D eigenvalue weighted by molar-refractivity contribution is 0.385. The fourth-order valence-corrected chi connectivity index (χ4v) is 1.95. The van der Waals surface area contributed by atoms with Crippen molar-refractivity contribution < 1.29 is 4.74 Å². The van der Waals surface area contributed by atoms with Crippen LogP contribution >= 0.6 is 11.6 Å². The second-order valence-corrected chi connectivity index (χ2v) is 4.69. The summed E-state index contributed by atoms with van der Waals surface area (Å²) in [5.74, 6) is 0.875. The van der Waals surface area contributed by atoms with Crippen LogP contribution in [0.15, 0.2) is 36.4 Å². The van der Waals surface area contributed by atoms with Crippen molar-refractivity contribution in [1.82, 2.24) is 4.90 Å². The highest BCUT2D eigenvalue weighted by molar-refractivity contribution is 6.20. The molecule has 0 saturated heterocycles. The van der Waals surface area contributed by atoms with Crippen molar-refractivity contribution >= 4 is 22.4 Å². The summed E-state index contributed by atoms with van der Waals surface area (Å²) in [7, 11) is 5.61. The summed E-state index contributed by atoms with van der Waals surface area (Å²) in [6.07, 6.45) is 0. The molecule has 0 saturated carbocycles. The van der Waals surface area contributed by atoms with Crippen LogP contribution in [0.1, 0.15) is 11.1 Å². The largest absolute Gasteiger partial charge is 0.497 e. The van der Waals surface area contributed by atoms with Gasteiger partial charge in [-0.05, 0) is 48.6 Å². The van der Waals surface area contributed by atoms with Gasteiger partial charge in [0.05, 0.1) is 7.11 Å². The highest BCUT2D eigenvalue weighted by atomic mass is 35.5. The number of rotatable bonds is 3. The number of halogens is 1. The molecular formula is C14H16ClNO. The Hall–Kier alpha value is -1.25. The van der Waals surface area contributed by atoms with E-state index in [4.69, 9.17) is 16.3 Å². The summed E-state index contributed by atoms with van der Waals surface area (Å²) in [6, 6.07) is 12.3. The Bertz CT molecular complexity index is 525. The molecule has 0 spiro atoms. The number of alkyl halides is 1. The number of ether oxygens (including phenoxy) is 1. The van der Waals surface area contributed by atoms with Gasteiger partial charge < -0.3 is 4.74 Å². The second-order valence-electron chi connectivity index (χ2n) is 4.27. The van der Waals surface area contributed by atoms with Crippen LogP contribution in [0.3, 0.4) is 0 Å². The Morgan fingerprint density at radius 3 is 2.35 bits per heavy atom. The fraction of sp³-hybridized carbons (Fsp3) is 0.286. The predicted octanol–water partition coefficient (Wildman–Crippen LogP) is 3.65. The van der Waals surface area contributed by atoms with Crippen LogP contribution in [0.2, 0.25) is 0 Å². The third-order valence-electron chi connectivity index (χ3n) is 2.80. The molecule has 90 valence electrons. The minimum absolute atomic E-state index is 0.0958. The third kappa shape index (κ3) is 2.54. The van der Waals surface area contributed by atoms with E-state index in [-0.39, 0.29) is 5.50 Å². The van der Waals surface area contributed by atoms with E-state index in [0.29, 0.717) is 0 Å². The third-order valence-corrected chi connectivity index (χ3v) is 3.44. The Morgan fingerprint density at radius 1 is 1.06 bits per heavy atom. The van der Waals surface area contributed by atoms with E-state index in [0.717, 1.165) is 16.7 Å². The van der Waals surface area contributed by atoms with Crippen molar-refractivity contribution in [3.63, 3.8) is 0 Å². The van der Waals surface area contributed by atoms with E-state index in [9.17, 15) is 0 Å². The van der Waals surface area contributed by atoms with E-state index >= 15 is 0 Å². The van der Waals surface area contributed by atoms with Gasteiger partial charge in [0, 0.05) is 0 Å². The van der Waals surface area contributed by atoms with Gasteiger partial charge in [0.1, 0.15) is 11.3 Å². The normalized spacial score (nSPS) is 13.0. The van der Waals surface area contributed by atoms with Gasteiger partial charge >= 0.3 is 0 Å². The predicted molar refractivity (Wildman–Crippen MR) is 72.8 cm³/mol. The Balaban J connectivity index is 2.44. The van der Waals surface area contributed by atoms with Gasteiger partial charge in [0.15, 0.2) is 0 Å². The average molecular weight is 250 g/mol. The molecule has 2 aromatic rings. The first-order valence-electron chi connectivity index (χ1n) is 5.50. The van der Waals surface area contributed by atoms with Gasteiger partial charge in [-0.3, -0.25) is 4.90 Å². The zero-order valence-corrected chi connectivity index (χ0v) is 11.0. The Kier molecular flexibility index (Phi) is 3.55. The molecule has 0 fully saturated rings. The number of hydrogen-bond donors (Lipinski definition) is 0. The topological polar surface area (TPSA) is 12.5 Å². The molecule has 0 aliphatic carbocycles. The summed E-state index contributed by atoms with van der Waals surface area (Å²) < 4.78 is 5.20. The minimum atomic E-state index is -0.0958. The summed E-state index contributed by atoms with van der Waals surface area (Å²) in [6.45, 7) is 0. The number of hydrogen-bond acceptors (Lipinski definition) is 2. The van der Waals surface area contributed by atoms with Crippen molar-refractivity contribution in [3.8, 4) is 5.75 Å². The lowest BCUT2D eigenvalue weighted by Crippen LogP contribution is -2.14. The maximum absolute atomic E-state index is 6.30. The number of methoxy groups -OCH3 is 1. The lowest BCUT2D eigenvalue weighted by atomic mass is 10.1. The summed E-state index contributed by atoms with van der Waals surface area (Å²) in [5, 5.41) is 2.34. The van der Waals surface area contributed by atoms with Gasteiger partial charge in [-0.1, -0.05) is 18.2 Å².